The Morgan fingerprint density at radius 3 is 2.29 bits per heavy atom. The summed E-state index contributed by atoms with van der Waals surface area (Å²) in [4.78, 5) is 0. The van der Waals surface area contributed by atoms with Gasteiger partial charge in [-0.05, 0) is 51.0 Å². The van der Waals surface area contributed by atoms with E-state index in [9.17, 15) is 0 Å². The summed E-state index contributed by atoms with van der Waals surface area (Å²) < 4.78 is 0. The zero-order chi connectivity index (χ0) is 9.80. The molecule has 14 heavy (non-hydrogen) atoms. The molecule has 0 aliphatic heterocycles. The monoisotopic (exact) mass is 195 g/mol. The molecule has 0 saturated heterocycles. The number of hydrogen-bond acceptors (Lipinski definition) is 1. The van der Waals surface area contributed by atoms with Crippen LogP contribution in [0.15, 0.2) is 0 Å². The van der Waals surface area contributed by atoms with Crippen molar-refractivity contribution in [2.24, 2.45) is 11.8 Å². The largest absolute Gasteiger partial charge is 0.314 e. The van der Waals surface area contributed by atoms with Gasteiger partial charge in [0, 0.05) is 6.04 Å². The molecule has 0 spiro atoms. The normalized spacial score (nSPS) is 27.2. The summed E-state index contributed by atoms with van der Waals surface area (Å²) in [7, 11) is 0. The summed E-state index contributed by atoms with van der Waals surface area (Å²) in [5, 5.41) is 3.75. The van der Waals surface area contributed by atoms with Crippen molar-refractivity contribution in [3.8, 4) is 0 Å². The molecule has 2 saturated carbocycles. The Bertz CT molecular complexity index is 155. The molecule has 0 amide bonds. The van der Waals surface area contributed by atoms with Crippen molar-refractivity contribution in [3.05, 3.63) is 0 Å². The van der Waals surface area contributed by atoms with Gasteiger partial charge in [0.25, 0.3) is 0 Å². The maximum atomic E-state index is 3.75. The maximum absolute atomic E-state index is 3.75. The van der Waals surface area contributed by atoms with Gasteiger partial charge in [-0.25, -0.2) is 0 Å². The van der Waals surface area contributed by atoms with Crippen molar-refractivity contribution < 1.29 is 0 Å². The fourth-order valence-electron chi connectivity index (χ4n) is 2.85. The van der Waals surface area contributed by atoms with E-state index in [1.54, 1.807) is 0 Å². The first-order valence-corrected chi connectivity index (χ1v) is 6.59. The smallest absolute Gasteiger partial charge is 0.00671 e. The minimum Gasteiger partial charge on any atom is -0.314 e. The van der Waals surface area contributed by atoms with E-state index in [1.807, 2.05) is 0 Å². The van der Waals surface area contributed by atoms with Crippen LogP contribution in [0, 0.1) is 11.8 Å². The average molecular weight is 195 g/mol. The topological polar surface area (TPSA) is 12.0 Å². The van der Waals surface area contributed by atoms with Crippen LogP contribution in [-0.2, 0) is 0 Å². The molecule has 0 radical (unpaired) electrons. The average Bonchev–Trinajstić information content (AvgIpc) is 2.14. The Labute approximate surface area is 88.7 Å². The van der Waals surface area contributed by atoms with E-state index in [-0.39, 0.29) is 0 Å². The van der Waals surface area contributed by atoms with Crippen molar-refractivity contribution in [2.75, 3.05) is 6.54 Å². The molecule has 2 aliphatic rings. The predicted molar refractivity (Wildman–Crippen MR) is 61.4 cm³/mol. The van der Waals surface area contributed by atoms with Gasteiger partial charge in [-0.1, -0.05) is 25.7 Å². The number of hydrogen-bond donors (Lipinski definition) is 1. The highest BCUT2D eigenvalue weighted by molar-refractivity contribution is 4.80. The molecule has 1 heteroatoms. The second-order valence-corrected chi connectivity index (χ2v) is 5.39. The molecule has 2 aliphatic carbocycles. The Morgan fingerprint density at radius 1 is 1.00 bits per heavy atom. The SMILES string of the molecule is CC(NCC1CCCCC1)C1CCC1. The van der Waals surface area contributed by atoms with Gasteiger partial charge in [-0.2, -0.15) is 0 Å². The van der Waals surface area contributed by atoms with Gasteiger partial charge < -0.3 is 5.32 Å². The highest BCUT2D eigenvalue weighted by atomic mass is 14.9. The quantitative estimate of drug-likeness (QED) is 0.725. The molecule has 1 unspecified atom stereocenters. The highest BCUT2D eigenvalue weighted by Crippen LogP contribution is 2.30. The molecule has 2 rings (SSSR count). The zero-order valence-electron chi connectivity index (χ0n) is 9.60. The third-order valence-corrected chi connectivity index (χ3v) is 4.31. The van der Waals surface area contributed by atoms with Gasteiger partial charge in [0.2, 0.25) is 0 Å². The molecule has 82 valence electrons. The molecule has 0 aromatic heterocycles. The van der Waals surface area contributed by atoms with E-state index >= 15 is 0 Å². The van der Waals surface area contributed by atoms with E-state index in [0.717, 1.165) is 17.9 Å². The number of rotatable bonds is 4. The lowest BCUT2D eigenvalue weighted by atomic mass is 9.80. The third kappa shape index (κ3) is 2.73. The molecule has 0 aromatic rings. The molecule has 1 atom stereocenters. The number of nitrogens with one attached hydrogen (secondary N) is 1. The van der Waals surface area contributed by atoms with Crippen LogP contribution in [0.25, 0.3) is 0 Å². The molecule has 0 heterocycles. The zero-order valence-corrected chi connectivity index (χ0v) is 9.60. The van der Waals surface area contributed by atoms with Crippen molar-refractivity contribution in [1.82, 2.24) is 5.32 Å². The molecular formula is C13H25N. The first-order chi connectivity index (χ1) is 6.86. The van der Waals surface area contributed by atoms with Gasteiger partial charge in [-0.3, -0.25) is 0 Å². The summed E-state index contributed by atoms with van der Waals surface area (Å²) >= 11 is 0. The molecule has 1 nitrogen and oxygen atoms in total. The first-order valence-electron chi connectivity index (χ1n) is 6.59. The van der Waals surface area contributed by atoms with Crippen LogP contribution in [0.1, 0.15) is 58.3 Å². The van der Waals surface area contributed by atoms with E-state index in [1.165, 1.54) is 57.9 Å². The van der Waals surface area contributed by atoms with E-state index < -0.39 is 0 Å². The second kappa shape index (κ2) is 5.16. The van der Waals surface area contributed by atoms with Gasteiger partial charge in [0.1, 0.15) is 0 Å². The molecule has 0 aromatic carbocycles. The van der Waals surface area contributed by atoms with Crippen LogP contribution < -0.4 is 5.32 Å². The fraction of sp³-hybridized carbons (Fsp3) is 1.00. The van der Waals surface area contributed by atoms with Gasteiger partial charge >= 0.3 is 0 Å². The molecule has 1 N–H and O–H groups in total. The van der Waals surface area contributed by atoms with E-state index in [0.29, 0.717) is 0 Å². The third-order valence-electron chi connectivity index (χ3n) is 4.31. The van der Waals surface area contributed by atoms with Crippen LogP contribution in [0.2, 0.25) is 0 Å². The van der Waals surface area contributed by atoms with Crippen LogP contribution in [0.3, 0.4) is 0 Å². The van der Waals surface area contributed by atoms with Crippen LogP contribution >= 0.6 is 0 Å². The van der Waals surface area contributed by atoms with Crippen molar-refractivity contribution in [3.63, 3.8) is 0 Å². The van der Waals surface area contributed by atoms with E-state index in [2.05, 4.69) is 12.2 Å². The van der Waals surface area contributed by atoms with Crippen molar-refractivity contribution >= 4 is 0 Å². The summed E-state index contributed by atoms with van der Waals surface area (Å²) in [6.07, 6.45) is 11.8. The predicted octanol–water partition coefficient (Wildman–Crippen LogP) is 3.34. The van der Waals surface area contributed by atoms with Crippen LogP contribution in [-0.4, -0.2) is 12.6 Å². The van der Waals surface area contributed by atoms with Gasteiger partial charge in [-0.15, -0.1) is 0 Å². The Balaban J connectivity index is 1.60. The standard InChI is InChI=1S/C13H25N/c1-11(13-8-5-9-13)14-10-12-6-3-2-4-7-12/h11-14H,2-10H2,1H3. The summed E-state index contributed by atoms with van der Waals surface area (Å²) in [5.74, 6) is 1.99. The minimum atomic E-state index is 0.783. The Hall–Kier alpha value is -0.0400. The maximum Gasteiger partial charge on any atom is 0.00671 e. The highest BCUT2D eigenvalue weighted by Gasteiger charge is 2.24. The fourth-order valence-corrected chi connectivity index (χ4v) is 2.85. The van der Waals surface area contributed by atoms with Crippen LogP contribution in [0.5, 0.6) is 0 Å². The summed E-state index contributed by atoms with van der Waals surface area (Å²) in [6, 6.07) is 0.783. The lowest BCUT2D eigenvalue weighted by Crippen LogP contribution is -2.39. The lowest BCUT2D eigenvalue weighted by molar-refractivity contribution is 0.225. The van der Waals surface area contributed by atoms with Crippen molar-refractivity contribution in [1.29, 1.82) is 0 Å². The summed E-state index contributed by atoms with van der Waals surface area (Å²) in [5.41, 5.74) is 0. The van der Waals surface area contributed by atoms with Gasteiger partial charge in [0.15, 0.2) is 0 Å². The minimum absolute atomic E-state index is 0.783. The Morgan fingerprint density at radius 2 is 1.71 bits per heavy atom. The van der Waals surface area contributed by atoms with Crippen molar-refractivity contribution in [2.45, 2.75) is 64.3 Å². The molecule has 2 fully saturated rings. The lowest BCUT2D eigenvalue weighted by Gasteiger charge is -2.33. The second-order valence-electron chi connectivity index (χ2n) is 5.39. The van der Waals surface area contributed by atoms with Gasteiger partial charge in [0.05, 0.1) is 0 Å². The Kier molecular flexibility index (Phi) is 3.86. The van der Waals surface area contributed by atoms with E-state index in [4.69, 9.17) is 0 Å². The first kappa shape index (κ1) is 10.5. The summed E-state index contributed by atoms with van der Waals surface area (Å²) in [6.45, 7) is 3.67. The molecule has 0 bridgehead atoms. The van der Waals surface area contributed by atoms with Crippen LogP contribution in [0.4, 0.5) is 0 Å². The molecular weight excluding hydrogens is 170 g/mol.